The van der Waals surface area contributed by atoms with Crippen molar-refractivity contribution in [3.05, 3.63) is 171 Å². The van der Waals surface area contributed by atoms with Crippen LogP contribution in [0.15, 0.2) is 146 Å². The molecule has 0 unspecified atom stereocenters. The molecule has 5 aromatic carbocycles. The van der Waals surface area contributed by atoms with E-state index in [9.17, 15) is 9.59 Å². The van der Waals surface area contributed by atoms with Crippen molar-refractivity contribution in [2.75, 3.05) is 0 Å². The van der Waals surface area contributed by atoms with Gasteiger partial charge in [-0.3, -0.25) is 0 Å². The summed E-state index contributed by atoms with van der Waals surface area (Å²) in [5, 5.41) is 0. The second kappa shape index (κ2) is 12.8. The molecule has 5 rings (SSSR count). The van der Waals surface area contributed by atoms with Crippen LogP contribution in [0.2, 0.25) is 0 Å². The third-order valence-corrected chi connectivity index (χ3v) is 14.5. The molecule has 4 nitrogen and oxygen atoms in total. The van der Waals surface area contributed by atoms with Gasteiger partial charge in [-0.05, 0) is 60.7 Å². The predicted octanol–water partition coefficient (Wildman–Crippen LogP) is 0.559. The minimum atomic E-state index is -2.57. The Balaban J connectivity index is 1.44. The monoisotopic (exact) mass is 726 g/mol. The number of carbonyl (C=O) groups excluding carboxylic acids is 2. The fourth-order valence-electron chi connectivity index (χ4n) is 3.61. The molecular weight excluding hydrogens is 702 g/mol. The maximum Gasteiger partial charge on any atom is 0.391 e. The van der Waals surface area contributed by atoms with Gasteiger partial charge in [0, 0.05) is 0 Å². The minimum absolute atomic E-state index is 0.212. The molecule has 188 valence electrons. The molecule has 0 spiro atoms. The zero-order chi connectivity index (χ0) is 26.2. The average molecular weight is 726 g/mol. The molecule has 0 amide bonds. The summed E-state index contributed by atoms with van der Waals surface area (Å²) in [6.45, 7) is 0. The van der Waals surface area contributed by atoms with Gasteiger partial charge in [0.2, 0.25) is 0 Å². The Bertz CT molecular complexity index is 1300. The molecule has 0 atom stereocenters. The van der Waals surface area contributed by atoms with Gasteiger partial charge in [0.15, 0.2) is 14.3 Å². The lowest BCUT2D eigenvalue weighted by Crippen LogP contribution is -3.85. The van der Waals surface area contributed by atoms with Crippen molar-refractivity contribution >= 4 is 11.9 Å². The van der Waals surface area contributed by atoms with Crippen LogP contribution in [-0.2, 0) is 6.13 Å². The van der Waals surface area contributed by atoms with Crippen molar-refractivity contribution in [3.8, 4) is 0 Å². The fourth-order valence-corrected chi connectivity index (χ4v) is 11.6. The van der Waals surface area contributed by atoms with E-state index in [1.165, 1.54) is 0 Å². The van der Waals surface area contributed by atoms with E-state index < -0.39 is 52.4 Å². The van der Waals surface area contributed by atoms with Crippen LogP contribution < -0.4 is 40.5 Å². The zero-order valence-electron chi connectivity index (χ0n) is 20.2. The van der Waals surface area contributed by atoms with E-state index in [-0.39, 0.29) is 11.1 Å². The normalized spacial score (nSPS) is 10.8. The third kappa shape index (κ3) is 6.31. The number of benzene rings is 5. The number of rotatable bonds is 8. The van der Waals surface area contributed by atoms with Crippen LogP contribution in [0, 0.1) is 14.3 Å². The van der Waals surface area contributed by atoms with Crippen LogP contribution in [0.25, 0.3) is 0 Å². The lowest BCUT2D eigenvalue weighted by atomic mass is 10.1. The van der Waals surface area contributed by atoms with Gasteiger partial charge in [-0.2, -0.15) is 0 Å². The number of carbonyl (C=O) groups is 2. The van der Waals surface area contributed by atoms with E-state index in [4.69, 9.17) is 6.13 Å². The predicted molar refractivity (Wildman–Crippen MR) is 138 cm³/mol. The van der Waals surface area contributed by atoms with Crippen LogP contribution in [0.1, 0.15) is 20.7 Å². The van der Waals surface area contributed by atoms with E-state index in [0.29, 0.717) is 0 Å². The molecule has 0 aliphatic heterocycles. The molecule has 0 heterocycles. The lowest BCUT2D eigenvalue weighted by Gasteiger charge is -2.09. The van der Waals surface area contributed by atoms with Crippen molar-refractivity contribution in [1.29, 1.82) is 0 Å². The van der Waals surface area contributed by atoms with Gasteiger partial charge >= 0.3 is 52.4 Å². The Morgan fingerprint density at radius 3 is 0.868 bits per heavy atom. The molecule has 0 saturated carbocycles. The van der Waals surface area contributed by atoms with Crippen molar-refractivity contribution in [1.82, 2.24) is 0 Å². The summed E-state index contributed by atoms with van der Waals surface area (Å²) in [7, 11) is 0. The molecular formula is C32H24I2O4+2. The van der Waals surface area contributed by atoms with Crippen LogP contribution in [0.4, 0.5) is 0 Å². The minimum Gasteiger partial charge on any atom is -0.241 e. The van der Waals surface area contributed by atoms with Crippen LogP contribution in [-0.4, -0.2) is 11.9 Å². The van der Waals surface area contributed by atoms with Crippen LogP contribution in [0.3, 0.4) is 0 Å². The molecule has 6 heteroatoms. The van der Waals surface area contributed by atoms with Gasteiger partial charge in [-0.25, -0.2) is 15.7 Å². The second-order valence-corrected chi connectivity index (χ2v) is 16.7. The summed E-state index contributed by atoms with van der Waals surface area (Å²) in [6, 6.07) is 46.0. The first kappa shape index (κ1) is 26.1. The summed E-state index contributed by atoms with van der Waals surface area (Å²) in [4.78, 5) is 27.1. The maximum absolute atomic E-state index is 13.6. The average Bonchev–Trinajstić information content (AvgIpc) is 3.00. The highest BCUT2D eigenvalue weighted by Gasteiger charge is 2.38. The van der Waals surface area contributed by atoms with E-state index >= 15 is 0 Å². The topological polar surface area (TPSA) is 52.6 Å². The van der Waals surface area contributed by atoms with Crippen LogP contribution >= 0.6 is 0 Å². The third-order valence-electron chi connectivity index (χ3n) is 5.39. The molecule has 5 aromatic rings. The second-order valence-electron chi connectivity index (χ2n) is 7.95. The molecule has 2 radical (unpaired) electrons. The highest BCUT2D eigenvalue weighted by Crippen LogP contribution is 2.10. The Labute approximate surface area is 237 Å². The van der Waals surface area contributed by atoms with Gasteiger partial charge in [-0.15, -0.1) is 0 Å². The first-order chi connectivity index (χ1) is 18.7. The number of hydrogen-bond donors (Lipinski definition) is 0. The molecule has 0 bridgehead atoms. The molecule has 0 saturated heterocycles. The van der Waals surface area contributed by atoms with Crippen molar-refractivity contribution < 1.29 is 56.2 Å². The van der Waals surface area contributed by atoms with E-state index in [1.807, 2.05) is 121 Å². The van der Waals surface area contributed by atoms with Gasteiger partial charge in [-0.1, -0.05) is 84.9 Å². The maximum atomic E-state index is 13.6. The molecule has 38 heavy (non-hydrogen) atoms. The summed E-state index contributed by atoms with van der Waals surface area (Å²) < 4.78 is 16.4. The van der Waals surface area contributed by atoms with Gasteiger partial charge in [0.05, 0.1) is 11.1 Å². The quantitative estimate of drug-likeness (QED) is 0.220. The summed E-state index contributed by atoms with van der Waals surface area (Å²) in [6.07, 6.45) is 0. The standard InChI is InChI=1S/C32H24I2O4/c35-31(37-33(25-15-5-1-6-16-25)26-17-7-2-8-18-26)29-23-13-14-24-30(29)32(36)38-34(27-19-9-3-10-20-27)28-21-11-4-12-22-28/h1-24H/q+2. The highest BCUT2D eigenvalue weighted by atomic mass is 127. The van der Waals surface area contributed by atoms with Crippen LogP contribution in [0.5, 0.6) is 0 Å². The highest BCUT2D eigenvalue weighted by molar-refractivity contribution is 6.02. The first-order valence-electron chi connectivity index (χ1n) is 11.9. The smallest absolute Gasteiger partial charge is 0.241 e. The molecule has 0 aromatic heterocycles. The van der Waals surface area contributed by atoms with Gasteiger partial charge in [0.25, 0.3) is 0 Å². The zero-order valence-corrected chi connectivity index (χ0v) is 24.6. The molecule has 0 aliphatic carbocycles. The summed E-state index contributed by atoms with van der Waals surface area (Å²) in [5.74, 6) is -1.04. The first-order valence-corrected chi connectivity index (χ1v) is 17.9. The SMILES string of the molecule is O=C(O[I+](c1ccccc1)c1ccccc1)c1ccccc1C(=O)O[I+](c1ccccc1)c1ccccc1. The summed E-state index contributed by atoms with van der Waals surface area (Å²) in [5.41, 5.74) is 0.423. The molecule has 0 N–H and O–H groups in total. The molecule has 0 fully saturated rings. The Morgan fingerprint density at radius 1 is 0.368 bits per heavy atom. The fraction of sp³-hybridized carbons (Fsp3) is 0. The largest absolute Gasteiger partial charge is 0.391 e. The molecule has 0 aliphatic rings. The number of hydrogen-bond acceptors (Lipinski definition) is 4. The van der Waals surface area contributed by atoms with Gasteiger partial charge in [0.1, 0.15) is 0 Å². The van der Waals surface area contributed by atoms with Crippen molar-refractivity contribution in [2.24, 2.45) is 0 Å². The lowest BCUT2D eigenvalue weighted by molar-refractivity contribution is -1.04. The number of halogens is 2. The summed E-state index contributed by atoms with van der Waals surface area (Å²) >= 11 is -5.14. The van der Waals surface area contributed by atoms with E-state index in [1.54, 1.807) is 24.3 Å². The van der Waals surface area contributed by atoms with Crippen molar-refractivity contribution in [3.63, 3.8) is 0 Å². The van der Waals surface area contributed by atoms with Gasteiger partial charge < -0.3 is 0 Å². The van der Waals surface area contributed by atoms with Crippen molar-refractivity contribution in [2.45, 2.75) is 0 Å². The Morgan fingerprint density at radius 2 is 0.605 bits per heavy atom. The Kier molecular flexibility index (Phi) is 8.82. The van der Waals surface area contributed by atoms with E-state index in [2.05, 4.69) is 0 Å². The Hall–Kier alpha value is -3.50. The van der Waals surface area contributed by atoms with E-state index in [0.717, 1.165) is 14.3 Å².